The van der Waals surface area contributed by atoms with E-state index in [9.17, 15) is 14.4 Å². The van der Waals surface area contributed by atoms with Gasteiger partial charge in [0.2, 0.25) is 5.91 Å². The van der Waals surface area contributed by atoms with Gasteiger partial charge in [0.05, 0.1) is 20.2 Å². The van der Waals surface area contributed by atoms with Gasteiger partial charge in [-0.05, 0) is 41.8 Å². The van der Waals surface area contributed by atoms with E-state index >= 15 is 0 Å². The second kappa shape index (κ2) is 8.47. The van der Waals surface area contributed by atoms with E-state index in [4.69, 9.17) is 9.47 Å². The zero-order chi connectivity index (χ0) is 21.3. The number of carbonyl (C=O) groups is 3. The van der Waals surface area contributed by atoms with Gasteiger partial charge in [0.1, 0.15) is 17.9 Å². The van der Waals surface area contributed by atoms with Gasteiger partial charge in [-0.1, -0.05) is 40.2 Å². The van der Waals surface area contributed by atoms with Gasteiger partial charge < -0.3 is 9.47 Å². The van der Waals surface area contributed by atoms with Crippen molar-refractivity contribution in [2.24, 2.45) is 0 Å². The molecule has 2 unspecified atom stereocenters. The second-order valence-electron chi connectivity index (χ2n) is 7.30. The van der Waals surface area contributed by atoms with E-state index in [2.05, 4.69) is 15.9 Å². The molecule has 0 radical (unpaired) electrons. The number of benzene rings is 2. The molecule has 8 heteroatoms. The molecule has 0 aliphatic carbocycles. The molecule has 2 aromatic rings. The lowest BCUT2D eigenvalue weighted by Crippen LogP contribution is -2.54. The first-order chi connectivity index (χ1) is 14.5. The summed E-state index contributed by atoms with van der Waals surface area (Å²) in [5.74, 6) is 0.103. The molecule has 2 fully saturated rings. The number of imide groups is 1. The van der Waals surface area contributed by atoms with Crippen LogP contribution in [0.25, 0.3) is 0 Å². The molecule has 2 aromatic carbocycles. The molecule has 0 aromatic heterocycles. The Balaban J connectivity index is 1.48. The smallest absolute Gasteiger partial charge is 0.411 e. The summed E-state index contributed by atoms with van der Waals surface area (Å²) < 4.78 is 11.6. The normalized spacial score (nSPS) is 21.7. The molecule has 0 N–H and O–H groups in total. The molecule has 3 amide bonds. The Labute approximate surface area is 182 Å². The number of hydrogen-bond donors (Lipinski definition) is 0. The highest BCUT2D eigenvalue weighted by molar-refractivity contribution is 9.10. The molecule has 30 heavy (non-hydrogen) atoms. The maximum Gasteiger partial charge on any atom is 0.411 e. The molecule has 2 aliphatic heterocycles. The Morgan fingerprint density at radius 2 is 1.77 bits per heavy atom. The van der Waals surface area contributed by atoms with Crippen LogP contribution in [0.5, 0.6) is 5.75 Å². The number of cyclic esters (lactones) is 1. The molecule has 4 rings (SSSR count). The van der Waals surface area contributed by atoms with Gasteiger partial charge in [0, 0.05) is 10.9 Å². The van der Waals surface area contributed by atoms with E-state index in [0.29, 0.717) is 12.2 Å². The highest BCUT2D eigenvalue weighted by atomic mass is 79.9. The van der Waals surface area contributed by atoms with E-state index in [1.54, 1.807) is 19.2 Å². The molecule has 7 nitrogen and oxygen atoms in total. The summed E-state index contributed by atoms with van der Waals surface area (Å²) in [6, 6.07) is 14.0. The van der Waals surface area contributed by atoms with Crippen molar-refractivity contribution in [3.8, 4) is 5.75 Å². The van der Waals surface area contributed by atoms with Gasteiger partial charge in [-0.2, -0.15) is 0 Å². The van der Waals surface area contributed by atoms with Crippen molar-refractivity contribution in [2.75, 3.05) is 13.7 Å². The number of piperidine rings is 1. The Kier molecular flexibility index (Phi) is 5.76. The van der Waals surface area contributed by atoms with Crippen molar-refractivity contribution in [3.63, 3.8) is 0 Å². The third kappa shape index (κ3) is 4.05. The lowest BCUT2D eigenvalue weighted by Gasteiger charge is -2.34. The van der Waals surface area contributed by atoms with Crippen LogP contribution in [0.15, 0.2) is 53.0 Å². The molecule has 0 spiro atoms. The number of carbonyl (C=O) groups excluding carboxylic acids is 3. The minimum atomic E-state index is -0.700. The van der Waals surface area contributed by atoms with Crippen LogP contribution < -0.4 is 4.74 Å². The van der Waals surface area contributed by atoms with Crippen molar-refractivity contribution in [3.05, 3.63) is 64.1 Å². The number of halogens is 1. The van der Waals surface area contributed by atoms with Crippen LogP contribution >= 0.6 is 15.9 Å². The SMILES string of the molecule is COc1ccc(CN2C(=O)CCC(N3CC(c4ccc(Br)cc4)OC3=O)C2=O)cc1. The summed E-state index contributed by atoms with van der Waals surface area (Å²) in [7, 11) is 1.58. The fraction of sp³-hybridized carbons (Fsp3) is 0.318. The van der Waals surface area contributed by atoms with Gasteiger partial charge in [0.15, 0.2) is 0 Å². The van der Waals surface area contributed by atoms with Crippen molar-refractivity contribution in [1.29, 1.82) is 0 Å². The molecule has 0 saturated carbocycles. The average Bonchev–Trinajstić information content (AvgIpc) is 3.13. The first kappa shape index (κ1) is 20.4. The molecular weight excluding hydrogens is 452 g/mol. The van der Waals surface area contributed by atoms with E-state index < -0.39 is 18.2 Å². The highest BCUT2D eigenvalue weighted by Crippen LogP contribution is 2.31. The quantitative estimate of drug-likeness (QED) is 0.620. The van der Waals surface area contributed by atoms with Crippen LogP contribution in [0.1, 0.15) is 30.1 Å². The van der Waals surface area contributed by atoms with Gasteiger partial charge in [0.25, 0.3) is 5.91 Å². The van der Waals surface area contributed by atoms with Crippen LogP contribution in [0, 0.1) is 0 Å². The lowest BCUT2D eigenvalue weighted by atomic mass is 10.0. The standard InChI is InChI=1S/C22H21BrN2O5/c1-29-17-8-2-14(3-9-17)12-25-20(26)11-10-18(21(25)27)24-13-19(30-22(24)28)15-4-6-16(23)7-5-15/h2-9,18-19H,10-13H2,1H3. The van der Waals surface area contributed by atoms with Crippen LogP contribution in [0.4, 0.5) is 4.79 Å². The Hall–Kier alpha value is -2.87. The van der Waals surface area contributed by atoms with Crippen LogP contribution in [-0.4, -0.2) is 47.4 Å². The van der Waals surface area contributed by atoms with Crippen LogP contribution in [-0.2, 0) is 20.9 Å². The zero-order valence-electron chi connectivity index (χ0n) is 16.4. The molecular formula is C22H21BrN2O5. The third-order valence-corrected chi connectivity index (χ3v) is 5.97. The van der Waals surface area contributed by atoms with E-state index in [-0.39, 0.29) is 31.3 Å². The van der Waals surface area contributed by atoms with E-state index in [1.165, 1.54) is 9.80 Å². The topological polar surface area (TPSA) is 76.2 Å². The van der Waals surface area contributed by atoms with Gasteiger partial charge in [-0.25, -0.2) is 4.79 Å². The number of ether oxygens (including phenoxy) is 2. The number of amides is 3. The summed E-state index contributed by atoms with van der Waals surface area (Å²) in [4.78, 5) is 40.7. The Bertz CT molecular complexity index is 960. The van der Waals surface area contributed by atoms with Crippen molar-refractivity contribution in [2.45, 2.75) is 31.5 Å². The van der Waals surface area contributed by atoms with Crippen LogP contribution in [0.2, 0.25) is 0 Å². The minimum Gasteiger partial charge on any atom is -0.497 e. The molecule has 156 valence electrons. The predicted molar refractivity (Wildman–Crippen MR) is 112 cm³/mol. The van der Waals surface area contributed by atoms with Gasteiger partial charge in [-0.3, -0.25) is 19.4 Å². The summed E-state index contributed by atoms with van der Waals surface area (Å²) in [6.45, 7) is 0.443. The predicted octanol–water partition coefficient (Wildman–Crippen LogP) is 3.67. The van der Waals surface area contributed by atoms with Gasteiger partial charge in [-0.15, -0.1) is 0 Å². The molecule has 2 atom stereocenters. The van der Waals surface area contributed by atoms with Crippen molar-refractivity contribution >= 4 is 33.8 Å². The van der Waals surface area contributed by atoms with E-state index in [0.717, 1.165) is 15.6 Å². The molecule has 2 saturated heterocycles. The summed E-state index contributed by atoms with van der Waals surface area (Å²) in [5.41, 5.74) is 1.68. The molecule has 2 aliphatic rings. The summed E-state index contributed by atoms with van der Waals surface area (Å²) >= 11 is 3.39. The molecule has 0 bridgehead atoms. The Morgan fingerprint density at radius 1 is 1.07 bits per heavy atom. The zero-order valence-corrected chi connectivity index (χ0v) is 18.0. The lowest BCUT2D eigenvalue weighted by molar-refractivity contribution is -0.152. The fourth-order valence-electron chi connectivity index (χ4n) is 3.78. The number of nitrogens with zero attached hydrogens (tertiary/aromatic N) is 2. The number of likely N-dealkylation sites (tertiary alicyclic amines) is 1. The first-order valence-electron chi connectivity index (χ1n) is 9.66. The van der Waals surface area contributed by atoms with E-state index in [1.807, 2.05) is 36.4 Å². The fourth-order valence-corrected chi connectivity index (χ4v) is 4.04. The second-order valence-corrected chi connectivity index (χ2v) is 8.21. The van der Waals surface area contributed by atoms with Gasteiger partial charge >= 0.3 is 6.09 Å². The first-order valence-corrected chi connectivity index (χ1v) is 10.5. The van der Waals surface area contributed by atoms with Crippen molar-refractivity contribution in [1.82, 2.24) is 9.80 Å². The highest BCUT2D eigenvalue weighted by Gasteiger charge is 2.44. The monoisotopic (exact) mass is 472 g/mol. The number of methoxy groups -OCH3 is 1. The maximum atomic E-state index is 13.1. The largest absolute Gasteiger partial charge is 0.497 e. The minimum absolute atomic E-state index is 0.164. The number of hydrogen-bond acceptors (Lipinski definition) is 5. The summed E-state index contributed by atoms with van der Waals surface area (Å²) in [6.07, 6.45) is -0.454. The Morgan fingerprint density at radius 3 is 2.43 bits per heavy atom. The molecule has 2 heterocycles. The average molecular weight is 473 g/mol. The third-order valence-electron chi connectivity index (χ3n) is 5.44. The summed E-state index contributed by atoms with van der Waals surface area (Å²) in [5, 5.41) is 0. The van der Waals surface area contributed by atoms with Crippen molar-refractivity contribution < 1.29 is 23.9 Å². The van der Waals surface area contributed by atoms with Crippen LogP contribution in [0.3, 0.4) is 0 Å². The number of rotatable bonds is 5. The maximum absolute atomic E-state index is 13.1.